The molecule has 0 aromatic heterocycles. The molecule has 0 aliphatic heterocycles. The van der Waals surface area contributed by atoms with Crippen LogP contribution in [-0.2, 0) is 9.53 Å². The predicted molar refractivity (Wildman–Crippen MR) is 99.1 cm³/mol. The van der Waals surface area contributed by atoms with Gasteiger partial charge in [-0.2, -0.15) is 0 Å². The maximum absolute atomic E-state index is 12.4. The van der Waals surface area contributed by atoms with Crippen LogP contribution in [0, 0.1) is 5.41 Å². The van der Waals surface area contributed by atoms with E-state index in [0.29, 0.717) is 22.3 Å². The summed E-state index contributed by atoms with van der Waals surface area (Å²) >= 11 is 6.13. The van der Waals surface area contributed by atoms with Crippen molar-refractivity contribution in [2.24, 2.45) is 5.41 Å². The summed E-state index contributed by atoms with van der Waals surface area (Å²) in [6.45, 7) is 7.51. The van der Waals surface area contributed by atoms with Gasteiger partial charge in [0.25, 0.3) is 0 Å². The zero-order valence-electron chi connectivity index (χ0n) is 14.5. The Bertz CT molecular complexity index is 620. The average molecular weight is 370 g/mol. The summed E-state index contributed by atoms with van der Waals surface area (Å²) in [5.74, 6) is 0.150. The third kappa shape index (κ3) is 6.13. The molecule has 0 spiro atoms. The van der Waals surface area contributed by atoms with E-state index in [9.17, 15) is 9.59 Å². The number of carbonyl (C=O) groups is 2. The van der Waals surface area contributed by atoms with E-state index in [0.717, 1.165) is 11.8 Å². The van der Waals surface area contributed by atoms with Gasteiger partial charge in [0.15, 0.2) is 5.78 Å². The lowest BCUT2D eigenvalue weighted by Gasteiger charge is -2.18. The fourth-order valence-corrected chi connectivity index (χ4v) is 2.46. The standard InChI is InChI=1S/C17H22O5S2/c1-6-21-16(23)24-10-13(18)12-8-7-11(20-5)9-14(12)22-15(19)17(2,3)4/h7-9H,6,10H2,1-5H3. The fourth-order valence-electron chi connectivity index (χ4n) is 1.56. The van der Waals surface area contributed by atoms with Crippen LogP contribution in [0.15, 0.2) is 18.2 Å². The molecule has 132 valence electrons. The van der Waals surface area contributed by atoms with Crippen LogP contribution in [0.5, 0.6) is 11.5 Å². The molecule has 1 aromatic carbocycles. The summed E-state index contributed by atoms with van der Waals surface area (Å²) in [5.41, 5.74) is -0.380. The Kier molecular flexibility index (Phi) is 7.69. The van der Waals surface area contributed by atoms with E-state index in [-0.39, 0.29) is 17.3 Å². The third-order valence-corrected chi connectivity index (χ3v) is 4.12. The smallest absolute Gasteiger partial charge is 0.316 e. The first-order valence-electron chi connectivity index (χ1n) is 7.42. The Hall–Kier alpha value is -1.60. The topological polar surface area (TPSA) is 61.8 Å². The molecule has 7 heteroatoms. The Morgan fingerprint density at radius 1 is 1.25 bits per heavy atom. The van der Waals surface area contributed by atoms with Crippen molar-refractivity contribution < 1.29 is 23.8 Å². The molecule has 24 heavy (non-hydrogen) atoms. The largest absolute Gasteiger partial charge is 0.497 e. The first-order valence-corrected chi connectivity index (χ1v) is 8.81. The molecule has 0 radical (unpaired) electrons. The molecule has 0 N–H and O–H groups in total. The van der Waals surface area contributed by atoms with Crippen LogP contribution in [0.3, 0.4) is 0 Å². The summed E-state index contributed by atoms with van der Waals surface area (Å²) in [6.07, 6.45) is 0. The van der Waals surface area contributed by atoms with Crippen LogP contribution in [0.4, 0.5) is 0 Å². The molecule has 1 aromatic rings. The molecule has 5 nitrogen and oxygen atoms in total. The number of hydrogen-bond acceptors (Lipinski definition) is 7. The molecular weight excluding hydrogens is 348 g/mol. The van der Waals surface area contributed by atoms with Gasteiger partial charge in [-0.15, -0.1) is 0 Å². The number of esters is 1. The normalized spacial score (nSPS) is 10.9. The first kappa shape index (κ1) is 20.4. The number of thioether (sulfide) groups is 1. The highest BCUT2D eigenvalue weighted by molar-refractivity contribution is 8.23. The number of hydrogen-bond donors (Lipinski definition) is 0. The van der Waals surface area contributed by atoms with E-state index >= 15 is 0 Å². The molecule has 0 aliphatic carbocycles. The van der Waals surface area contributed by atoms with Crippen LogP contribution in [0.25, 0.3) is 0 Å². The van der Waals surface area contributed by atoms with E-state index in [2.05, 4.69) is 0 Å². The van der Waals surface area contributed by atoms with Crippen molar-refractivity contribution in [1.82, 2.24) is 0 Å². The van der Waals surface area contributed by atoms with Gasteiger partial charge in [-0.25, -0.2) is 0 Å². The van der Waals surface area contributed by atoms with Crippen LogP contribution in [-0.4, -0.2) is 35.6 Å². The quantitative estimate of drug-likeness (QED) is 0.326. The van der Waals surface area contributed by atoms with Crippen LogP contribution in [0.1, 0.15) is 38.1 Å². The number of carbonyl (C=O) groups excluding carboxylic acids is 2. The zero-order chi connectivity index (χ0) is 18.3. The van der Waals surface area contributed by atoms with Crippen molar-refractivity contribution >= 4 is 40.1 Å². The number of ether oxygens (including phenoxy) is 3. The minimum Gasteiger partial charge on any atom is -0.497 e. The van der Waals surface area contributed by atoms with Gasteiger partial charge in [-0.05, 0) is 52.0 Å². The van der Waals surface area contributed by atoms with Gasteiger partial charge in [0.1, 0.15) is 11.5 Å². The van der Waals surface area contributed by atoms with Crippen molar-refractivity contribution in [2.45, 2.75) is 27.7 Å². The van der Waals surface area contributed by atoms with Gasteiger partial charge in [0, 0.05) is 6.07 Å². The molecule has 0 fully saturated rings. The monoisotopic (exact) mass is 370 g/mol. The summed E-state index contributed by atoms with van der Waals surface area (Å²) < 4.78 is 16.0. The molecule has 1 rings (SSSR count). The summed E-state index contributed by atoms with van der Waals surface area (Å²) in [6, 6.07) is 4.76. The molecule has 0 aliphatic rings. The van der Waals surface area contributed by atoms with Crippen LogP contribution < -0.4 is 9.47 Å². The highest BCUT2D eigenvalue weighted by Crippen LogP contribution is 2.28. The van der Waals surface area contributed by atoms with Gasteiger partial charge >= 0.3 is 5.97 Å². The SMILES string of the molecule is CCOC(=S)SCC(=O)c1ccc(OC)cc1OC(=O)C(C)(C)C. The third-order valence-electron chi connectivity index (χ3n) is 2.89. The summed E-state index contributed by atoms with van der Waals surface area (Å²) in [7, 11) is 1.50. The number of benzene rings is 1. The minimum atomic E-state index is -0.686. The van der Waals surface area contributed by atoms with Gasteiger partial charge in [0.2, 0.25) is 4.38 Å². The summed E-state index contributed by atoms with van der Waals surface area (Å²) in [5, 5.41) is 0. The van der Waals surface area contributed by atoms with E-state index in [1.165, 1.54) is 13.2 Å². The number of methoxy groups -OCH3 is 1. The van der Waals surface area contributed by atoms with Crippen LogP contribution >= 0.6 is 24.0 Å². The zero-order valence-corrected chi connectivity index (χ0v) is 16.1. The van der Waals surface area contributed by atoms with E-state index in [1.807, 2.05) is 6.92 Å². The van der Waals surface area contributed by atoms with Gasteiger partial charge < -0.3 is 14.2 Å². The Labute approximate surface area is 152 Å². The summed E-state index contributed by atoms with van der Waals surface area (Å²) in [4.78, 5) is 24.6. The van der Waals surface area contributed by atoms with Crippen molar-refractivity contribution in [1.29, 1.82) is 0 Å². The van der Waals surface area contributed by atoms with Crippen molar-refractivity contribution in [3.8, 4) is 11.5 Å². The molecule has 0 heterocycles. The van der Waals surface area contributed by atoms with Crippen molar-refractivity contribution in [3.05, 3.63) is 23.8 Å². The average Bonchev–Trinajstić information content (AvgIpc) is 2.51. The lowest BCUT2D eigenvalue weighted by molar-refractivity contribution is -0.143. The molecular formula is C17H22O5S2. The highest BCUT2D eigenvalue weighted by Gasteiger charge is 2.26. The molecule has 0 saturated heterocycles. The molecule has 0 atom stereocenters. The minimum absolute atomic E-state index is 0.102. The Morgan fingerprint density at radius 2 is 1.92 bits per heavy atom. The van der Waals surface area contributed by atoms with Crippen LogP contribution in [0.2, 0.25) is 0 Å². The molecule has 0 saturated carbocycles. The molecule has 0 amide bonds. The maximum Gasteiger partial charge on any atom is 0.316 e. The van der Waals surface area contributed by atoms with E-state index < -0.39 is 11.4 Å². The molecule has 0 unspecified atom stereocenters. The fraction of sp³-hybridized carbons (Fsp3) is 0.471. The number of Topliss-reactive ketones (excluding diaryl/α,β-unsaturated/α-hetero) is 1. The van der Waals surface area contributed by atoms with E-state index in [1.54, 1.807) is 32.9 Å². The Balaban J connectivity index is 2.98. The number of rotatable bonds is 6. The number of ketones is 1. The molecule has 0 bridgehead atoms. The second kappa shape index (κ2) is 9.03. The lowest BCUT2D eigenvalue weighted by Crippen LogP contribution is -2.26. The lowest BCUT2D eigenvalue weighted by atomic mass is 9.97. The van der Waals surface area contributed by atoms with E-state index in [4.69, 9.17) is 26.4 Å². The van der Waals surface area contributed by atoms with Gasteiger partial charge in [0.05, 0.1) is 30.4 Å². The van der Waals surface area contributed by atoms with Crippen molar-refractivity contribution in [3.63, 3.8) is 0 Å². The van der Waals surface area contributed by atoms with Crippen molar-refractivity contribution in [2.75, 3.05) is 19.5 Å². The van der Waals surface area contributed by atoms with Gasteiger partial charge in [-0.1, -0.05) is 11.8 Å². The number of thiocarbonyl (C=S) groups is 1. The maximum atomic E-state index is 12.4. The first-order chi connectivity index (χ1) is 11.2. The Morgan fingerprint density at radius 3 is 2.46 bits per heavy atom. The predicted octanol–water partition coefficient (Wildman–Crippen LogP) is 3.88. The second-order valence-corrected chi connectivity index (χ2v) is 7.47. The highest BCUT2D eigenvalue weighted by atomic mass is 32.2. The van der Waals surface area contributed by atoms with Gasteiger partial charge in [-0.3, -0.25) is 9.59 Å². The second-order valence-electron chi connectivity index (χ2n) is 5.90.